The van der Waals surface area contributed by atoms with Crippen LogP contribution in [0, 0.1) is 5.92 Å². The number of rotatable bonds is 4. The highest BCUT2D eigenvalue weighted by Gasteiger charge is 2.32. The third-order valence-corrected chi connectivity index (χ3v) is 3.27. The first-order valence-electron chi connectivity index (χ1n) is 5.25. The molecule has 0 saturated heterocycles. The lowest BCUT2D eigenvalue weighted by Crippen LogP contribution is -2.09. The van der Waals surface area contributed by atoms with Crippen LogP contribution < -0.4 is 0 Å². The molecular weight excluding hydrogens is 198 g/mol. The van der Waals surface area contributed by atoms with Crippen LogP contribution in [0.2, 0.25) is 0 Å². The predicted octanol–water partition coefficient (Wildman–Crippen LogP) is 2.55. The van der Waals surface area contributed by atoms with Crippen molar-refractivity contribution in [2.24, 2.45) is 5.92 Å². The van der Waals surface area contributed by atoms with Crippen molar-refractivity contribution in [1.82, 2.24) is 14.8 Å². The highest BCUT2D eigenvalue weighted by atomic mass is 35.5. The predicted molar refractivity (Wildman–Crippen MR) is 56.4 cm³/mol. The van der Waals surface area contributed by atoms with Gasteiger partial charge in [0.1, 0.15) is 11.6 Å². The Morgan fingerprint density at radius 3 is 2.71 bits per heavy atom. The topological polar surface area (TPSA) is 30.7 Å². The van der Waals surface area contributed by atoms with E-state index in [0.29, 0.717) is 11.8 Å². The Balaban J connectivity index is 2.26. The SMILES string of the molecule is CCn1c(CCl)nnc1C(C)C1CC1. The Morgan fingerprint density at radius 1 is 1.50 bits per heavy atom. The minimum absolute atomic E-state index is 0.457. The first-order valence-corrected chi connectivity index (χ1v) is 5.79. The maximum atomic E-state index is 5.80. The zero-order chi connectivity index (χ0) is 10.1. The van der Waals surface area contributed by atoms with Gasteiger partial charge in [-0.1, -0.05) is 6.92 Å². The second-order valence-electron chi connectivity index (χ2n) is 3.98. The molecule has 1 unspecified atom stereocenters. The van der Waals surface area contributed by atoms with Crippen molar-refractivity contribution < 1.29 is 0 Å². The molecule has 1 aromatic heterocycles. The molecule has 0 spiro atoms. The molecule has 0 radical (unpaired) electrons. The van der Waals surface area contributed by atoms with E-state index in [1.165, 1.54) is 12.8 Å². The largest absolute Gasteiger partial charge is 0.314 e. The molecule has 2 rings (SSSR count). The summed E-state index contributed by atoms with van der Waals surface area (Å²) in [6.45, 7) is 5.27. The number of aromatic nitrogens is 3. The molecule has 0 aliphatic heterocycles. The summed E-state index contributed by atoms with van der Waals surface area (Å²) >= 11 is 5.80. The van der Waals surface area contributed by atoms with Gasteiger partial charge in [-0.05, 0) is 25.7 Å². The van der Waals surface area contributed by atoms with Crippen LogP contribution in [0.25, 0.3) is 0 Å². The molecule has 0 bridgehead atoms. The molecule has 0 amide bonds. The lowest BCUT2D eigenvalue weighted by atomic mass is 10.1. The molecule has 1 heterocycles. The van der Waals surface area contributed by atoms with Gasteiger partial charge in [0.25, 0.3) is 0 Å². The van der Waals surface area contributed by atoms with Gasteiger partial charge in [-0.25, -0.2) is 0 Å². The van der Waals surface area contributed by atoms with Crippen LogP contribution in [-0.2, 0) is 12.4 Å². The number of nitrogens with zero attached hydrogens (tertiary/aromatic N) is 3. The summed E-state index contributed by atoms with van der Waals surface area (Å²) in [5, 5.41) is 8.37. The maximum absolute atomic E-state index is 5.80. The van der Waals surface area contributed by atoms with Gasteiger partial charge in [-0.3, -0.25) is 0 Å². The fraction of sp³-hybridized carbons (Fsp3) is 0.800. The van der Waals surface area contributed by atoms with E-state index in [-0.39, 0.29) is 0 Å². The van der Waals surface area contributed by atoms with Crippen molar-refractivity contribution in [3.05, 3.63) is 11.6 Å². The summed E-state index contributed by atoms with van der Waals surface area (Å²) in [5.74, 6) is 3.84. The average molecular weight is 214 g/mol. The highest BCUT2D eigenvalue weighted by Crippen LogP contribution is 2.41. The molecule has 78 valence electrons. The van der Waals surface area contributed by atoms with E-state index in [4.69, 9.17) is 11.6 Å². The van der Waals surface area contributed by atoms with Gasteiger partial charge >= 0.3 is 0 Å². The Labute approximate surface area is 89.5 Å². The smallest absolute Gasteiger partial charge is 0.147 e. The first-order chi connectivity index (χ1) is 6.77. The summed E-state index contributed by atoms with van der Waals surface area (Å²) in [6.07, 6.45) is 2.68. The summed E-state index contributed by atoms with van der Waals surface area (Å²) in [4.78, 5) is 0. The molecule has 1 atom stereocenters. The van der Waals surface area contributed by atoms with Crippen LogP contribution in [0.3, 0.4) is 0 Å². The van der Waals surface area contributed by atoms with E-state index in [2.05, 4.69) is 28.6 Å². The third kappa shape index (κ3) is 1.65. The van der Waals surface area contributed by atoms with E-state index in [9.17, 15) is 0 Å². The number of halogens is 1. The maximum Gasteiger partial charge on any atom is 0.147 e. The monoisotopic (exact) mass is 213 g/mol. The summed E-state index contributed by atoms with van der Waals surface area (Å²) in [6, 6.07) is 0. The number of hydrogen-bond acceptors (Lipinski definition) is 2. The van der Waals surface area contributed by atoms with Gasteiger partial charge in [-0.2, -0.15) is 0 Å². The molecule has 14 heavy (non-hydrogen) atoms. The Hall–Kier alpha value is -0.570. The van der Waals surface area contributed by atoms with Crippen molar-refractivity contribution >= 4 is 11.6 Å². The van der Waals surface area contributed by atoms with Crippen LogP contribution in [-0.4, -0.2) is 14.8 Å². The third-order valence-electron chi connectivity index (χ3n) is 3.03. The summed E-state index contributed by atoms with van der Waals surface area (Å²) < 4.78 is 2.15. The summed E-state index contributed by atoms with van der Waals surface area (Å²) in [5.41, 5.74) is 0. The minimum Gasteiger partial charge on any atom is -0.314 e. The van der Waals surface area contributed by atoms with Crippen LogP contribution in [0.15, 0.2) is 0 Å². The van der Waals surface area contributed by atoms with E-state index in [1.807, 2.05) is 0 Å². The number of alkyl halides is 1. The summed E-state index contributed by atoms with van der Waals surface area (Å²) in [7, 11) is 0. The quantitative estimate of drug-likeness (QED) is 0.720. The molecule has 1 saturated carbocycles. The van der Waals surface area contributed by atoms with E-state index in [0.717, 1.165) is 24.1 Å². The highest BCUT2D eigenvalue weighted by molar-refractivity contribution is 6.16. The molecule has 0 aromatic carbocycles. The van der Waals surface area contributed by atoms with Gasteiger partial charge < -0.3 is 4.57 Å². The van der Waals surface area contributed by atoms with Crippen molar-refractivity contribution in [2.45, 2.75) is 45.0 Å². The Kier molecular flexibility index (Phi) is 2.77. The second kappa shape index (κ2) is 3.89. The average Bonchev–Trinajstić information content (AvgIpc) is 2.96. The van der Waals surface area contributed by atoms with Crippen LogP contribution in [0.1, 0.15) is 44.3 Å². The molecular formula is C10H16ClN3. The van der Waals surface area contributed by atoms with Crippen LogP contribution >= 0.6 is 11.6 Å². The molecule has 1 aromatic rings. The lowest BCUT2D eigenvalue weighted by molar-refractivity contribution is 0.564. The fourth-order valence-corrected chi connectivity index (χ4v) is 2.13. The van der Waals surface area contributed by atoms with E-state index in [1.54, 1.807) is 0 Å². The van der Waals surface area contributed by atoms with Gasteiger partial charge in [0.2, 0.25) is 0 Å². The molecule has 1 aliphatic rings. The Morgan fingerprint density at radius 2 is 2.21 bits per heavy atom. The molecule has 3 nitrogen and oxygen atoms in total. The molecule has 0 N–H and O–H groups in total. The molecule has 1 fully saturated rings. The zero-order valence-electron chi connectivity index (χ0n) is 8.70. The normalized spacial score (nSPS) is 18.5. The van der Waals surface area contributed by atoms with Crippen molar-refractivity contribution in [2.75, 3.05) is 0 Å². The van der Waals surface area contributed by atoms with Gasteiger partial charge in [-0.15, -0.1) is 21.8 Å². The zero-order valence-corrected chi connectivity index (χ0v) is 9.46. The number of hydrogen-bond donors (Lipinski definition) is 0. The first kappa shape index (κ1) is 9.97. The van der Waals surface area contributed by atoms with E-state index < -0.39 is 0 Å². The molecule has 4 heteroatoms. The van der Waals surface area contributed by atoms with Gasteiger partial charge in [0, 0.05) is 12.5 Å². The van der Waals surface area contributed by atoms with Crippen LogP contribution in [0.5, 0.6) is 0 Å². The Bertz CT molecular complexity index is 317. The van der Waals surface area contributed by atoms with Crippen molar-refractivity contribution in [3.63, 3.8) is 0 Å². The second-order valence-corrected chi connectivity index (χ2v) is 4.25. The van der Waals surface area contributed by atoms with Crippen molar-refractivity contribution in [3.8, 4) is 0 Å². The molecule has 1 aliphatic carbocycles. The van der Waals surface area contributed by atoms with Gasteiger partial charge in [0.15, 0.2) is 0 Å². The van der Waals surface area contributed by atoms with Crippen LogP contribution in [0.4, 0.5) is 0 Å². The standard InChI is InChI=1S/C10H16ClN3/c1-3-14-9(6-11)12-13-10(14)7(2)8-4-5-8/h7-8H,3-6H2,1-2H3. The van der Waals surface area contributed by atoms with E-state index >= 15 is 0 Å². The van der Waals surface area contributed by atoms with Crippen molar-refractivity contribution in [1.29, 1.82) is 0 Å². The minimum atomic E-state index is 0.457. The lowest BCUT2D eigenvalue weighted by Gasteiger charge is -2.11. The fourth-order valence-electron chi connectivity index (χ4n) is 1.94. The van der Waals surface area contributed by atoms with Gasteiger partial charge in [0.05, 0.1) is 5.88 Å².